The number of thioether (sulfide) groups is 1. The van der Waals surface area contributed by atoms with Crippen molar-refractivity contribution in [2.24, 2.45) is 4.99 Å². The number of hydrogen-bond acceptors (Lipinski definition) is 4. The standard InChI is InChI=1S/C9H14N2O2S/c12-7-4-2-1-3-6(7)10-8-5-14-9(13)11-8/h6-7,12H,1-5H2,(H,10,11,13)/t6-,7-/m0/s1. The van der Waals surface area contributed by atoms with E-state index in [0.29, 0.717) is 5.75 Å². The Morgan fingerprint density at radius 3 is 2.86 bits per heavy atom. The molecule has 2 aliphatic rings. The van der Waals surface area contributed by atoms with E-state index >= 15 is 0 Å². The minimum absolute atomic E-state index is 0.0917. The molecule has 78 valence electrons. The number of nitrogens with zero attached hydrogens (tertiary/aromatic N) is 1. The summed E-state index contributed by atoms with van der Waals surface area (Å²) in [6.45, 7) is 0. The predicted octanol–water partition coefficient (Wildman–Crippen LogP) is 1.14. The van der Waals surface area contributed by atoms with Crippen molar-refractivity contribution in [1.29, 1.82) is 0 Å². The van der Waals surface area contributed by atoms with Crippen LogP contribution in [0.4, 0.5) is 4.79 Å². The Kier molecular flexibility index (Phi) is 3.08. The van der Waals surface area contributed by atoms with Gasteiger partial charge in [0.2, 0.25) is 0 Å². The van der Waals surface area contributed by atoms with Crippen LogP contribution in [0.25, 0.3) is 0 Å². The maximum Gasteiger partial charge on any atom is 0.306 e. The molecule has 1 amide bonds. The monoisotopic (exact) mass is 214 g/mol. The molecule has 1 fully saturated rings. The first kappa shape index (κ1) is 9.98. The largest absolute Gasteiger partial charge is 0.391 e. The molecule has 2 rings (SSSR count). The average Bonchev–Trinajstić information content (AvgIpc) is 2.56. The Labute approximate surface area is 87.2 Å². The number of amides is 1. The predicted molar refractivity (Wildman–Crippen MR) is 56.7 cm³/mol. The molecule has 0 unspecified atom stereocenters. The zero-order chi connectivity index (χ0) is 9.97. The van der Waals surface area contributed by atoms with Gasteiger partial charge >= 0.3 is 5.24 Å². The molecule has 14 heavy (non-hydrogen) atoms. The number of aliphatic hydroxyl groups is 1. The molecule has 0 bridgehead atoms. The minimum Gasteiger partial charge on any atom is -0.391 e. The maximum absolute atomic E-state index is 10.8. The van der Waals surface area contributed by atoms with Gasteiger partial charge < -0.3 is 10.4 Å². The van der Waals surface area contributed by atoms with E-state index in [1.165, 1.54) is 11.8 Å². The number of aliphatic hydroxyl groups excluding tert-OH is 1. The molecule has 1 saturated carbocycles. The smallest absolute Gasteiger partial charge is 0.306 e. The van der Waals surface area contributed by atoms with E-state index in [1.807, 2.05) is 0 Å². The van der Waals surface area contributed by atoms with Crippen molar-refractivity contribution < 1.29 is 9.90 Å². The van der Waals surface area contributed by atoms with Gasteiger partial charge in [0.05, 0.1) is 17.9 Å². The van der Waals surface area contributed by atoms with Crippen LogP contribution in [0.3, 0.4) is 0 Å². The molecule has 0 radical (unpaired) electrons. The summed E-state index contributed by atoms with van der Waals surface area (Å²) in [5.74, 6) is 1.35. The fraction of sp³-hybridized carbons (Fsp3) is 0.778. The third-order valence-electron chi connectivity index (χ3n) is 2.64. The van der Waals surface area contributed by atoms with Crippen LogP contribution in [-0.2, 0) is 0 Å². The van der Waals surface area contributed by atoms with Crippen LogP contribution in [-0.4, -0.2) is 34.1 Å². The second-order valence-electron chi connectivity index (χ2n) is 3.72. The van der Waals surface area contributed by atoms with Crippen molar-refractivity contribution >= 4 is 22.8 Å². The average molecular weight is 214 g/mol. The molecule has 5 heteroatoms. The number of carbonyl (C=O) groups is 1. The van der Waals surface area contributed by atoms with Gasteiger partial charge in [-0.2, -0.15) is 4.99 Å². The van der Waals surface area contributed by atoms with E-state index in [2.05, 4.69) is 10.3 Å². The van der Waals surface area contributed by atoms with Crippen LogP contribution < -0.4 is 5.32 Å². The number of aliphatic imine (C=N–C) groups is 1. The van der Waals surface area contributed by atoms with Gasteiger partial charge in [-0.15, -0.1) is 0 Å². The highest BCUT2D eigenvalue weighted by molar-refractivity contribution is 8.14. The van der Waals surface area contributed by atoms with Crippen LogP contribution in [0, 0.1) is 0 Å². The molecular weight excluding hydrogens is 200 g/mol. The van der Waals surface area contributed by atoms with Gasteiger partial charge in [0.1, 0.15) is 5.84 Å². The molecule has 0 aromatic rings. The number of nitrogens with one attached hydrogen (secondary N) is 1. The Morgan fingerprint density at radius 2 is 2.21 bits per heavy atom. The van der Waals surface area contributed by atoms with Gasteiger partial charge in [0.25, 0.3) is 0 Å². The SMILES string of the molecule is O=C1N=C(N[C@H]2CCCC[C@@H]2O)CS1. The van der Waals surface area contributed by atoms with E-state index in [4.69, 9.17) is 0 Å². The summed E-state index contributed by atoms with van der Waals surface area (Å²) in [4.78, 5) is 14.7. The van der Waals surface area contributed by atoms with Gasteiger partial charge in [0, 0.05) is 0 Å². The number of carbonyl (C=O) groups excluding carboxylic acids is 1. The highest BCUT2D eigenvalue weighted by Crippen LogP contribution is 2.20. The second-order valence-corrected chi connectivity index (χ2v) is 4.64. The zero-order valence-electron chi connectivity index (χ0n) is 7.90. The lowest BCUT2D eigenvalue weighted by molar-refractivity contribution is 0.0998. The zero-order valence-corrected chi connectivity index (χ0v) is 8.72. The van der Waals surface area contributed by atoms with E-state index in [9.17, 15) is 9.90 Å². The molecule has 0 aromatic heterocycles. The third-order valence-corrected chi connectivity index (χ3v) is 3.40. The minimum atomic E-state index is -0.285. The molecule has 2 N–H and O–H groups in total. The maximum atomic E-state index is 10.8. The molecule has 2 atom stereocenters. The summed E-state index contributed by atoms with van der Waals surface area (Å²) >= 11 is 1.21. The quantitative estimate of drug-likeness (QED) is 0.687. The van der Waals surface area contributed by atoms with Gasteiger partial charge in [-0.1, -0.05) is 24.6 Å². The lowest BCUT2D eigenvalue weighted by Crippen LogP contribution is -2.45. The van der Waals surface area contributed by atoms with Gasteiger partial charge in [-0.3, -0.25) is 4.79 Å². The van der Waals surface area contributed by atoms with Crippen molar-refractivity contribution in [2.45, 2.75) is 37.8 Å². The summed E-state index contributed by atoms with van der Waals surface area (Å²) in [6, 6.07) is 0.0917. The fourth-order valence-electron chi connectivity index (χ4n) is 1.87. The van der Waals surface area contributed by atoms with Crippen LogP contribution in [0.15, 0.2) is 4.99 Å². The molecule has 1 aliphatic heterocycles. The van der Waals surface area contributed by atoms with Crippen molar-refractivity contribution in [1.82, 2.24) is 5.32 Å². The number of hydrogen-bond donors (Lipinski definition) is 2. The van der Waals surface area contributed by atoms with E-state index in [1.54, 1.807) is 0 Å². The normalized spacial score (nSPS) is 32.9. The third kappa shape index (κ3) is 2.27. The lowest BCUT2D eigenvalue weighted by Gasteiger charge is -2.28. The van der Waals surface area contributed by atoms with Crippen molar-refractivity contribution in [2.75, 3.05) is 5.75 Å². The van der Waals surface area contributed by atoms with Gasteiger partial charge in [-0.25, -0.2) is 0 Å². The first-order valence-electron chi connectivity index (χ1n) is 4.94. The summed E-state index contributed by atoms with van der Waals surface area (Å²) in [5.41, 5.74) is 0. The van der Waals surface area contributed by atoms with E-state index < -0.39 is 0 Å². The molecule has 0 saturated heterocycles. The Balaban J connectivity index is 1.89. The van der Waals surface area contributed by atoms with Crippen molar-refractivity contribution in [3.8, 4) is 0 Å². The molecule has 1 heterocycles. The lowest BCUT2D eigenvalue weighted by atomic mass is 9.92. The van der Waals surface area contributed by atoms with Crippen LogP contribution >= 0.6 is 11.8 Å². The Morgan fingerprint density at radius 1 is 1.43 bits per heavy atom. The highest BCUT2D eigenvalue weighted by Gasteiger charge is 2.25. The molecule has 4 nitrogen and oxygen atoms in total. The summed E-state index contributed by atoms with van der Waals surface area (Å²) in [7, 11) is 0. The first-order valence-corrected chi connectivity index (χ1v) is 5.93. The van der Waals surface area contributed by atoms with E-state index in [-0.39, 0.29) is 17.4 Å². The summed E-state index contributed by atoms with van der Waals surface area (Å²) in [6.07, 6.45) is 3.78. The topological polar surface area (TPSA) is 61.7 Å². The van der Waals surface area contributed by atoms with Gasteiger partial charge in [0.15, 0.2) is 0 Å². The van der Waals surface area contributed by atoms with Crippen LogP contribution in [0.5, 0.6) is 0 Å². The molecule has 0 spiro atoms. The second kappa shape index (κ2) is 4.31. The fourth-order valence-corrected chi connectivity index (χ4v) is 2.46. The summed E-state index contributed by atoms with van der Waals surface area (Å²) < 4.78 is 0. The molecule has 1 aliphatic carbocycles. The highest BCUT2D eigenvalue weighted by atomic mass is 32.2. The van der Waals surface area contributed by atoms with Gasteiger partial charge in [-0.05, 0) is 12.8 Å². The first-order chi connectivity index (χ1) is 6.75. The van der Waals surface area contributed by atoms with Crippen LogP contribution in [0.2, 0.25) is 0 Å². The van der Waals surface area contributed by atoms with Crippen molar-refractivity contribution in [3.05, 3.63) is 0 Å². The summed E-state index contributed by atoms with van der Waals surface area (Å²) in [5, 5.41) is 12.7. The number of rotatable bonds is 1. The van der Waals surface area contributed by atoms with Crippen molar-refractivity contribution in [3.63, 3.8) is 0 Å². The Hall–Kier alpha value is -0.550. The van der Waals surface area contributed by atoms with Crippen LogP contribution in [0.1, 0.15) is 25.7 Å². The number of amidine groups is 1. The Bertz CT molecular complexity index is 268. The molecular formula is C9H14N2O2S. The molecule has 0 aromatic carbocycles. The van der Waals surface area contributed by atoms with E-state index in [0.717, 1.165) is 31.5 Å².